The van der Waals surface area contributed by atoms with E-state index < -0.39 is 51.1 Å². The van der Waals surface area contributed by atoms with Gasteiger partial charge in [0.25, 0.3) is 0 Å². The van der Waals surface area contributed by atoms with Crippen LogP contribution in [0.1, 0.15) is 76.1 Å². The first-order valence-corrected chi connectivity index (χ1v) is 13.2. The van der Waals surface area contributed by atoms with Gasteiger partial charge in [-0.25, -0.2) is 0 Å². The fourth-order valence-electron chi connectivity index (χ4n) is 5.33. The standard InChI is InChI=1S/C32H32O9/c1-31(2,3)17-9-15(10-18(26(17)37)32(4,5)6)16-12-23(36)40-22-13-21(35)25-27(38)28(39)29(41-30(25)24(16)22)14-7-8-19(33)20(34)11-14/h7-11,13,16,33-35,37,39H,12H2,1-6H3/t16-/m1/s1. The minimum atomic E-state index is -0.929. The number of carbonyl (C=O) groups is 1. The van der Waals surface area contributed by atoms with E-state index in [-0.39, 0.29) is 40.2 Å². The van der Waals surface area contributed by atoms with Gasteiger partial charge >= 0.3 is 5.97 Å². The van der Waals surface area contributed by atoms with Crippen molar-refractivity contribution in [3.8, 4) is 45.8 Å². The smallest absolute Gasteiger partial charge is 0.312 e. The summed E-state index contributed by atoms with van der Waals surface area (Å²) in [6.07, 6.45) is -0.120. The third kappa shape index (κ3) is 4.61. The maximum Gasteiger partial charge on any atom is 0.312 e. The van der Waals surface area contributed by atoms with E-state index in [0.29, 0.717) is 22.3 Å². The van der Waals surface area contributed by atoms with E-state index in [2.05, 4.69) is 0 Å². The molecule has 5 N–H and O–H groups in total. The molecule has 4 aromatic rings. The van der Waals surface area contributed by atoms with Gasteiger partial charge in [-0.15, -0.1) is 0 Å². The Labute approximate surface area is 235 Å². The van der Waals surface area contributed by atoms with Gasteiger partial charge in [-0.3, -0.25) is 9.59 Å². The monoisotopic (exact) mass is 560 g/mol. The zero-order chi connectivity index (χ0) is 30.2. The second-order valence-corrected chi connectivity index (χ2v) is 12.5. The molecule has 1 atom stereocenters. The third-order valence-corrected chi connectivity index (χ3v) is 7.45. The Morgan fingerprint density at radius 3 is 1.93 bits per heavy atom. The predicted octanol–water partition coefficient (Wildman–Crippen LogP) is 6.02. The lowest BCUT2D eigenvalue weighted by Crippen LogP contribution is -2.24. The summed E-state index contributed by atoms with van der Waals surface area (Å²) in [6.45, 7) is 11.8. The van der Waals surface area contributed by atoms with Crippen LogP contribution in [-0.2, 0) is 15.6 Å². The Morgan fingerprint density at radius 1 is 0.756 bits per heavy atom. The van der Waals surface area contributed by atoms with Gasteiger partial charge in [-0.2, -0.15) is 0 Å². The number of ether oxygens (including phenoxy) is 1. The number of hydrogen-bond donors (Lipinski definition) is 5. The van der Waals surface area contributed by atoms with Gasteiger partial charge in [-0.1, -0.05) is 53.7 Å². The summed E-state index contributed by atoms with van der Waals surface area (Å²) in [5.41, 5.74) is 0.458. The number of aromatic hydroxyl groups is 5. The number of phenolic OH excluding ortho intramolecular Hbond substituents is 4. The van der Waals surface area contributed by atoms with Crippen LogP contribution in [0.15, 0.2) is 45.6 Å². The lowest BCUT2D eigenvalue weighted by atomic mass is 9.75. The van der Waals surface area contributed by atoms with Crippen molar-refractivity contribution in [3.63, 3.8) is 0 Å². The number of phenols is 4. The highest BCUT2D eigenvalue weighted by Gasteiger charge is 2.37. The Balaban J connectivity index is 1.88. The molecule has 5 rings (SSSR count). The highest BCUT2D eigenvalue weighted by molar-refractivity contribution is 5.94. The van der Waals surface area contributed by atoms with E-state index in [1.54, 1.807) is 0 Å². The van der Waals surface area contributed by atoms with E-state index in [1.807, 2.05) is 53.7 Å². The number of hydrogen-bond acceptors (Lipinski definition) is 9. The van der Waals surface area contributed by atoms with Crippen molar-refractivity contribution < 1.29 is 39.5 Å². The van der Waals surface area contributed by atoms with Gasteiger partial charge in [0.1, 0.15) is 28.2 Å². The first-order valence-electron chi connectivity index (χ1n) is 13.2. The third-order valence-electron chi connectivity index (χ3n) is 7.45. The van der Waals surface area contributed by atoms with E-state index in [1.165, 1.54) is 12.1 Å². The van der Waals surface area contributed by atoms with Crippen LogP contribution in [0.5, 0.6) is 34.5 Å². The lowest BCUT2D eigenvalue weighted by molar-refractivity contribution is -0.135. The average Bonchev–Trinajstić information content (AvgIpc) is 2.85. The van der Waals surface area contributed by atoms with Crippen molar-refractivity contribution in [1.29, 1.82) is 0 Å². The van der Waals surface area contributed by atoms with Crippen LogP contribution < -0.4 is 10.2 Å². The van der Waals surface area contributed by atoms with Crippen LogP contribution >= 0.6 is 0 Å². The number of esters is 1. The number of fused-ring (bicyclic) bond motifs is 3. The molecular weight excluding hydrogens is 528 g/mol. The topological polar surface area (TPSA) is 158 Å². The largest absolute Gasteiger partial charge is 0.507 e. The van der Waals surface area contributed by atoms with Crippen LogP contribution in [0, 0.1) is 0 Å². The molecule has 1 aromatic heterocycles. The van der Waals surface area contributed by atoms with Crippen molar-refractivity contribution in [1.82, 2.24) is 0 Å². The molecule has 0 saturated heterocycles. The number of carbonyl (C=O) groups excluding carboxylic acids is 1. The molecular formula is C32H32O9. The molecule has 3 aromatic carbocycles. The van der Waals surface area contributed by atoms with Crippen LogP contribution in [-0.4, -0.2) is 31.5 Å². The van der Waals surface area contributed by atoms with Gasteiger partial charge in [0.15, 0.2) is 17.3 Å². The molecule has 0 saturated carbocycles. The molecule has 0 bridgehead atoms. The highest BCUT2D eigenvalue weighted by atomic mass is 16.5. The number of benzene rings is 3. The van der Waals surface area contributed by atoms with Crippen molar-refractivity contribution >= 4 is 16.9 Å². The second kappa shape index (κ2) is 9.19. The molecule has 9 heteroatoms. The fraction of sp³-hybridized carbons (Fsp3) is 0.312. The SMILES string of the molecule is CC(C)(C)c1cc([C@H]2CC(=O)Oc3cc(O)c4c(=O)c(O)c(-c5ccc(O)c(O)c5)oc4c32)cc(C(C)(C)C)c1O. The molecule has 0 radical (unpaired) electrons. The Hall–Kier alpha value is -4.66. The Bertz CT molecular complexity index is 1760. The van der Waals surface area contributed by atoms with Gasteiger partial charge in [0, 0.05) is 23.1 Å². The highest BCUT2D eigenvalue weighted by Crippen LogP contribution is 2.49. The zero-order valence-corrected chi connectivity index (χ0v) is 23.6. The average molecular weight is 561 g/mol. The van der Waals surface area contributed by atoms with Crippen molar-refractivity contribution in [2.24, 2.45) is 0 Å². The first kappa shape index (κ1) is 27.9. The summed E-state index contributed by atoms with van der Waals surface area (Å²) >= 11 is 0. The normalized spacial score (nSPS) is 15.6. The fourth-order valence-corrected chi connectivity index (χ4v) is 5.33. The molecule has 214 valence electrons. The van der Waals surface area contributed by atoms with E-state index in [4.69, 9.17) is 9.15 Å². The molecule has 0 aliphatic carbocycles. The summed E-state index contributed by atoms with van der Waals surface area (Å²) in [6, 6.07) is 8.45. The Morgan fingerprint density at radius 2 is 1.37 bits per heavy atom. The predicted molar refractivity (Wildman–Crippen MR) is 152 cm³/mol. The van der Waals surface area contributed by atoms with Gasteiger partial charge in [-0.05, 0) is 45.7 Å². The lowest BCUT2D eigenvalue weighted by Gasteiger charge is -2.31. The first-order chi connectivity index (χ1) is 19.0. The van der Waals surface area contributed by atoms with Crippen molar-refractivity contribution in [2.75, 3.05) is 0 Å². The molecule has 1 aliphatic rings. The van der Waals surface area contributed by atoms with Crippen LogP contribution in [0.2, 0.25) is 0 Å². The van der Waals surface area contributed by atoms with Crippen LogP contribution in [0.3, 0.4) is 0 Å². The molecule has 1 aliphatic heterocycles. The van der Waals surface area contributed by atoms with Crippen LogP contribution in [0.4, 0.5) is 0 Å². The summed E-state index contributed by atoms with van der Waals surface area (Å²) in [4.78, 5) is 26.2. The summed E-state index contributed by atoms with van der Waals surface area (Å²) in [5, 5.41) is 52.3. The second-order valence-electron chi connectivity index (χ2n) is 12.5. The van der Waals surface area contributed by atoms with E-state index in [9.17, 15) is 35.1 Å². The van der Waals surface area contributed by atoms with E-state index in [0.717, 1.165) is 12.1 Å². The quantitative estimate of drug-likeness (QED) is 0.112. The molecule has 0 spiro atoms. The molecule has 41 heavy (non-hydrogen) atoms. The van der Waals surface area contributed by atoms with Crippen LogP contribution in [0.25, 0.3) is 22.3 Å². The summed E-state index contributed by atoms with van der Waals surface area (Å²) < 4.78 is 11.6. The minimum absolute atomic E-state index is 0.00714. The molecule has 9 nitrogen and oxygen atoms in total. The van der Waals surface area contributed by atoms with Gasteiger partial charge < -0.3 is 34.7 Å². The molecule has 2 heterocycles. The zero-order valence-electron chi connectivity index (χ0n) is 23.6. The van der Waals surface area contributed by atoms with Crippen molar-refractivity contribution in [2.45, 2.75) is 64.7 Å². The summed E-state index contributed by atoms with van der Waals surface area (Å²) in [5.74, 6) is -3.68. The van der Waals surface area contributed by atoms with Gasteiger partial charge in [0.2, 0.25) is 11.2 Å². The minimum Gasteiger partial charge on any atom is -0.507 e. The molecule has 0 fully saturated rings. The van der Waals surface area contributed by atoms with Crippen molar-refractivity contribution in [3.05, 3.63) is 68.9 Å². The Kier molecular flexibility index (Phi) is 6.25. The maximum atomic E-state index is 13.4. The molecule has 0 amide bonds. The number of rotatable bonds is 2. The van der Waals surface area contributed by atoms with E-state index >= 15 is 0 Å². The van der Waals surface area contributed by atoms with Gasteiger partial charge in [0.05, 0.1) is 6.42 Å². The molecule has 0 unspecified atom stereocenters. The maximum absolute atomic E-state index is 13.4. The summed E-state index contributed by atoms with van der Waals surface area (Å²) in [7, 11) is 0.